The molecule has 0 amide bonds. The SMILES string of the molecule is CCOC(=O)c1sc(CCN)nc1C(C)C. The minimum absolute atomic E-state index is 0.224. The Morgan fingerprint density at radius 2 is 2.25 bits per heavy atom. The molecule has 0 aliphatic rings. The lowest BCUT2D eigenvalue weighted by molar-refractivity contribution is 0.0530. The van der Waals surface area contributed by atoms with Crippen LogP contribution >= 0.6 is 11.3 Å². The highest BCUT2D eigenvalue weighted by molar-refractivity contribution is 7.13. The predicted molar refractivity (Wildman–Crippen MR) is 64.9 cm³/mol. The summed E-state index contributed by atoms with van der Waals surface area (Å²) >= 11 is 1.39. The van der Waals surface area contributed by atoms with E-state index in [1.165, 1.54) is 11.3 Å². The largest absolute Gasteiger partial charge is 0.462 e. The highest BCUT2D eigenvalue weighted by Gasteiger charge is 2.20. The van der Waals surface area contributed by atoms with Crippen molar-refractivity contribution in [1.29, 1.82) is 0 Å². The van der Waals surface area contributed by atoms with Gasteiger partial charge in [0.2, 0.25) is 0 Å². The van der Waals surface area contributed by atoms with Crippen molar-refractivity contribution in [3.63, 3.8) is 0 Å². The summed E-state index contributed by atoms with van der Waals surface area (Å²) in [5, 5.41) is 0.911. The van der Waals surface area contributed by atoms with Crippen molar-refractivity contribution < 1.29 is 9.53 Å². The van der Waals surface area contributed by atoms with Gasteiger partial charge in [-0.15, -0.1) is 11.3 Å². The first-order chi connectivity index (χ1) is 7.60. The van der Waals surface area contributed by atoms with Crippen molar-refractivity contribution >= 4 is 17.3 Å². The summed E-state index contributed by atoms with van der Waals surface area (Å²) in [6.07, 6.45) is 0.712. The third-order valence-electron chi connectivity index (χ3n) is 2.06. The highest BCUT2D eigenvalue weighted by Crippen LogP contribution is 2.26. The van der Waals surface area contributed by atoms with Gasteiger partial charge in [-0.25, -0.2) is 9.78 Å². The first kappa shape index (κ1) is 13.1. The quantitative estimate of drug-likeness (QED) is 0.801. The molecule has 1 rings (SSSR count). The van der Waals surface area contributed by atoms with E-state index in [1.807, 2.05) is 13.8 Å². The monoisotopic (exact) mass is 242 g/mol. The van der Waals surface area contributed by atoms with Gasteiger partial charge >= 0.3 is 5.97 Å². The van der Waals surface area contributed by atoms with Gasteiger partial charge in [0.15, 0.2) is 0 Å². The molecule has 0 aromatic carbocycles. The first-order valence-corrected chi connectivity index (χ1v) is 6.28. The number of carbonyl (C=O) groups excluding carboxylic acids is 1. The molecule has 0 radical (unpaired) electrons. The van der Waals surface area contributed by atoms with Gasteiger partial charge in [-0.05, 0) is 19.4 Å². The number of rotatable bonds is 5. The smallest absolute Gasteiger partial charge is 0.350 e. The molecule has 0 fully saturated rings. The van der Waals surface area contributed by atoms with Crippen LogP contribution in [0.3, 0.4) is 0 Å². The Balaban J connectivity index is 2.99. The number of esters is 1. The average molecular weight is 242 g/mol. The average Bonchev–Trinajstić information content (AvgIpc) is 2.63. The number of hydrogen-bond acceptors (Lipinski definition) is 5. The fourth-order valence-corrected chi connectivity index (χ4v) is 2.47. The number of thiazole rings is 1. The number of hydrogen-bond donors (Lipinski definition) is 1. The van der Waals surface area contributed by atoms with E-state index < -0.39 is 0 Å². The molecule has 1 aromatic heterocycles. The fraction of sp³-hybridized carbons (Fsp3) is 0.636. The van der Waals surface area contributed by atoms with Gasteiger partial charge in [0, 0.05) is 6.42 Å². The molecule has 1 aromatic rings. The van der Waals surface area contributed by atoms with Crippen molar-refractivity contribution in [3.05, 3.63) is 15.6 Å². The Hall–Kier alpha value is -0.940. The van der Waals surface area contributed by atoms with Crippen LogP contribution in [-0.2, 0) is 11.2 Å². The van der Waals surface area contributed by atoms with Crippen molar-refractivity contribution in [1.82, 2.24) is 4.98 Å². The fourth-order valence-electron chi connectivity index (χ4n) is 1.34. The van der Waals surface area contributed by atoms with Crippen molar-refractivity contribution in [2.45, 2.75) is 33.1 Å². The molecular formula is C11H18N2O2S. The lowest BCUT2D eigenvalue weighted by atomic mass is 10.1. The second-order valence-corrected chi connectivity index (χ2v) is 4.82. The summed E-state index contributed by atoms with van der Waals surface area (Å²) in [6, 6.07) is 0. The standard InChI is InChI=1S/C11H18N2O2S/c1-4-15-11(14)10-9(7(2)3)13-8(16-10)5-6-12/h7H,4-6,12H2,1-3H3. The van der Waals surface area contributed by atoms with Gasteiger partial charge in [-0.3, -0.25) is 0 Å². The molecular weight excluding hydrogens is 224 g/mol. The molecule has 1 heterocycles. The number of nitrogens with two attached hydrogens (primary N) is 1. The highest BCUT2D eigenvalue weighted by atomic mass is 32.1. The second kappa shape index (κ2) is 5.96. The molecule has 5 heteroatoms. The molecule has 0 spiro atoms. The van der Waals surface area contributed by atoms with Crippen molar-refractivity contribution in [3.8, 4) is 0 Å². The molecule has 0 aliphatic carbocycles. The summed E-state index contributed by atoms with van der Waals surface area (Å²) in [7, 11) is 0. The Morgan fingerprint density at radius 3 is 2.75 bits per heavy atom. The normalized spacial score (nSPS) is 10.8. The molecule has 2 N–H and O–H groups in total. The van der Waals surface area contributed by atoms with Crippen LogP contribution in [0.5, 0.6) is 0 Å². The molecule has 4 nitrogen and oxygen atoms in total. The zero-order valence-corrected chi connectivity index (χ0v) is 10.8. The van der Waals surface area contributed by atoms with E-state index in [9.17, 15) is 4.79 Å². The van der Waals surface area contributed by atoms with Crippen LogP contribution in [0.4, 0.5) is 0 Å². The maximum Gasteiger partial charge on any atom is 0.350 e. The Bertz CT molecular complexity index is 361. The molecule has 0 saturated heterocycles. The van der Waals surface area contributed by atoms with E-state index in [0.29, 0.717) is 24.4 Å². The maximum absolute atomic E-state index is 11.7. The van der Waals surface area contributed by atoms with Gasteiger partial charge in [0.25, 0.3) is 0 Å². The topological polar surface area (TPSA) is 65.2 Å². The summed E-state index contributed by atoms with van der Waals surface area (Å²) in [6.45, 7) is 6.77. The first-order valence-electron chi connectivity index (χ1n) is 5.46. The Labute approximate surface area is 99.8 Å². The summed E-state index contributed by atoms with van der Waals surface area (Å²) < 4.78 is 5.01. The molecule has 0 bridgehead atoms. The van der Waals surface area contributed by atoms with Crippen LogP contribution in [0.15, 0.2) is 0 Å². The van der Waals surface area contributed by atoms with Crippen LogP contribution in [0, 0.1) is 0 Å². The number of nitrogens with zero attached hydrogens (tertiary/aromatic N) is 1. The van der Waals surface area contributed by atoms with Crippen molar-refractivity contribution in [2.75, 3.05) is 13.2 Å². The van der Waals surface area contributed by atoms with Gasteiger partial charge in [-0.2, -0.15) is 0 Å². The third kappa shape index (κ3) is 3.02. The molecule has 0 aliphatic heterocycles. The minimum atomic E-state index is -0.271. The van der Waals surface area contributed by atoms with Gasteiger partial charge in [0.1, 0.15) is 4.88 Å². The van der Waals surface area contributed by atoms with Gasteiger partial charge < -0.3 is 10.5 Å². The van der Waals surface area contributed by atoms with Crippen LogP contribution in [0.25, 0.3) is 0 Å². The van der Waals surface area contributed by atoms with E-state index in [0.717, 1.165) is 10.7 Å². The van der Waals surface area contributed by atoms with E-state index in [-0.39, 0.29) is 11.9 Å². The van der Waals surface area contributed by atoms with Crippen LogP contribution in [-0.4, -0.2) is 24.1 Å². The zero-order chi connectivity index (χ0) is 12.1. The molecule has 90 valence electrons. The molecule has 0 unspecified atom stereocenters. The second-order valence-electron chi connectivity index (χ2n) is 3.74. The number of aromatic nitrogens is 1. The number of ether oxygens (including phenoxy) is 1. The van der Waals surface area contributed by atoms with E-state index in [4.69, 9.17) is 10.5 Å². The Kier molecular flexibility index (Phi) is 4.89. The van der Waals surface area contributed by atoms with Crippen molar-refractivity contribution in [2.24, 2.45) is 5.73 Å². The molecule has 0 saturated carbocycles. The summed E-state index contributed by atoms with van der Waals surface area (Å²) in [5.74, 6) is -0.0471. The third-order valence-corrected chi connectivity index (χ3v) is 3.17. The molecule has 16 heavy (non-hydrogen) atoms. The van der Waals surface area contributed by atoms with Crippen LogP contribution in [0.1, 0.15) is 47.1 Å². The van der Waals surface area contributed by atoms with Gasteiger partial charge in [0.05, 0.1) is 17.3 Å². The lowest BCUT2D eigenvalue weighted by Gasteiger charge is -2.04. The zero-order valence-electron chi connectivity index (χ0n) is 9.95. The van der Waals surface area contributed by atoms with E-state index in [1.54, 1.807) is 6.92 Å². The maximum atomic E-state index is 11.7. The van der Waals surface area contributed by atoms with Crippen LogP contribution < -0.4 is 5.73 Å². The summed E-state index contributed by atoms with van der Waals surface area (Å²) in [4.78, 5) is 16.8. The lowest BCUT2D eigenvalue weighted by Crippen LogP contribution is -2.06. The summed E-state index contributed by atoms with van der Waals surface area (Å²) in [5.41, 5.74) is 6.31. The van der Waals surface area contributed by atoms with Crippen LogP contribution in [0.2, 0.25) is 0 Å². The van der Waals surface area contributed by atoms with E-state index in [2.05, 4.69) is 4.98 Å². The Morgan fingerprint density at radius 1 is 1.56 bits per heavy atom. The minimum Gasteiger partial charge on any atom is -0.462 e. The van der Waals surface area contributed by atoms with Gasteiger partial charge in [-0.1, -0.05) is 13.8 Å². The molecule has 0 atom stereocenters. The van der Waals surface area contributed by atoms with E-state index >= 15 is 0 Å². The predicted octanol–water partition coefficient (Wildman–Crippen LogP) is 1.94. The number of carbonyl (C=O) groups is 1.